The summed E-state index contributed by atoms with van der Waals surface area (Å²) in [6.45, 7) is 4.36. The van der Waals surface area contributed by atoms with Crippen molar-refractivity contribution in [1.82, 2.24) is 19.7 Å². The average Bonchev–Trinajstić information content (AvgIpc) is 2.61. The molecule has 3 heterocycles. The molecule has 3 rings (SSSR count). The number of aromatic nitrogens is 4. The monoisotopic (exact) mass is 324 g/mol. The topological polar surface area (TPSA) is 43.6 Å². The standard InChI is InChI=1S/C18H20N4S/c1-3-8-13(4-2)22-18(23)17-14(9-7-12-20-17)16(21-22)15-10-5-6-11-19-15/h5-7,9-13H,3-4,8H2,1-2H3. The Kier molecular flexibility index (Phi) is 4.76. The molecule has 23 heavy (non-hydrogen) atoms. The van der Waals surface area contributed by atoms with Crippen molar-refractivity contribution in [1.29, 1.82) is 0 Å². The number of hydrogen-bond acceptors (Lipinski definition) is 4. The summed E-state index contributed by atoms with van der Waals surface area (Å²) in [5, 5.41) is 5.83. The number of hydrogen-bond donors (Lipinski definition) is 0. The highest BCUT2D eigenvalue weighted by atomic mass is 32.1. The van der Waals surface area contributed by atoms with E-state index < -0.39 is 0 Å². The van der Waals surface area contributed by atoms with Gasteiger partial charge in [-0.15, -0.1) is 0 Å². The minimum absolute atomic E-state index is 0.293. The summed E-state index contributed by atoms with van der Waals surface area (Å²) in [7, 11) is 0. The summed E-state index contributed by atoms with van der Waals surface area (Å²) >= 11 is 5.68. The Bertz CT molecular complexity index is 858. The molecule has 0 aromatic carbocycles. The highest BCUT2D eigenvalue weighted by molar-refractivity contribution is 7.71. The molecule has 5 heteroatoms. The zero-order valence-electron chi connectivity index (χ0n) is 13.4. The summed E-state index contributed by atoms with van der Waals surface area (Å²) in [5.41, 5.74) is 2.52. The molecule has 0 spiro atoms. The fourth-order valence-electron chi connectivity index (χ4n) is 2.85. The van der Waals surface area contributed by atoms with E-state index in [0.717, 1.165) is 41.6 Å². The van der Waals surface area contributed by atoms with Crippen molar-refractivity contribution in [2.24, 2.45) is 0 Å². The van der Waals surface area contributed by atoms with Crippen LogP contribution in [-0.4, -0.2) is 19.7 Å². The summed E-state index contributed by atoms with van der Waals surface area (Å²) in [5.74, 6) is 0. The Balaban J connectivity index is 2.31. The van der Waals surface area contributed by atoms with Crippen molar-refractivity contribution >= 4 is 23.1 Å². The van der Waals surface area contributed by atoms with Gasteiger partial charge in [0.1, 0.15) is 15.9 Å². The Morgan fingerprint density at radius 3 is 2.61 bits per heavy atom. The largest absolute Gasteiger partial charge is 0.255 e. The third-order valence-electron chi connectivity index (χ3n) is 4.03. The first-order valence-corrected chi connectivity index (χ1v) is 8.46. The molecule has 0 saturated heterocycles. The molecule has 1 atom stereocenters. The molecule has 3 aromatic heterocycles. The molecule has 0 aliphatic rings. The van der Waals surface area contributed by atoms with E-state index in [4.69, 9.17) is 17.3 Å². The molecule has 0 amide bonds. The van der Waals surface area contributed by atoms with Crippen molar-refractivity contribution in [3.05, 3.63) is 47.4 Å². The van der Waals surface area contributed by atoms with E-state index in [2.05, 4.69) is 23.8 Å². The normalized spacial score (nSPS) is 12.4. The van der Waals surface area contributed by atoms with E-state index in [0.29, 0.717) is 10.7 Å². The second kappa shape index (κ2) is 6.96. The zero-order chi connectivity index (χ0) is 16.2. The predicted molar refractivity (Wildman–Crippen MR) is 95.8 cm³/mol. The number of fused-ring (bicyclic) bond motifs is 1. The van der Waals surface area contributed by atoms with Crippen molar-refractivity contribution in [2.45, 2.75) is 39.2 Å². The number of pyridine rings is 2. The van der Waals surface area contributed by atoms with Crippen LogP contribution in [0.1, 0.15) is 39.2 Å². The van der Waals surface area contributed by atoms with Crippen molar-refractivity contribution < 1.29 is 0 Å². The van der Waals surface area contributed by atoms with Crippen LogP contribution in [0.25, 0.3) is 22.3 Å². The van der Waals surface area contributed by atoms with Gasteiger partial charge in [0.2, 0.25) is 0 Å². The Labute approximate surface area is 141 Å². The molecule has 0 fully saturated rings. The lowest BCUT2D eigenvalue weighted by Crippen LogP contribution is -2.15. The van der Waals surface area contributed by atoms with Gasteiger partial charge in [0.05, 0.1) is 11.7 Å². The first-order valence-electron chi connectivity index (χ1n) is 8.05. The molecule has 1 unspecified atom stereocenters. The van der Waals surface area contributed by atoms with Crippen molar-refractivity contribution in [3.63, 3.8) is 0 Å². The van der Waals surface area contributed by atoms with Gasteiger partial charge >= 0.3 is 0 Å². The van der Waals surface area contributed by atoms with Gasteiger partial charge in [0.15, 0.2) is 0 Å². The number of rotatable bonds is 5. The average molecular weight is 324 g/mol. The molecule has 0 N–H and O–H groups in total. The molecule has 0 saturated carbocycles. The van der Waals surface area contributed by atoms with Crippen LogP contribution < -0.4 is 0 Å². The third-order valence-corrected chi connectivity index (χ3v) is 4.41. The smallest absolute Gasteiger partial charge is 0.149 e. The third kappa shape index (κ3) is 3.01. The predicted octanol–water partition coefficient (Wildman–Crippen LogP) is 4.97. The van der Waals surface area contributed by atoms with E-state index >= 15 is 0 Å². The summed E-state index contributed by atoms with van der Waals surface area (Å²) < 4.78 is 2.68. The van der Waals surface area contributed by atoms with Gasteiger partial charge in [-0.3, -0.25) is 9.97 Å². The van der Waals surface area contributed by atoms with Crippen LogP contribution in [0, 0.1) is 4.64 Å². The van der Waals surface area contributed by atoms with Crippen LogP contribution in [0.5, 0.6) is 0 Å². The molecule has 0 aliphatic heterocycles. The van der Waals surface area contributed by atoms with E-state index in [9.17, 15) is 0 Å². The molecule has 0 radical (unpaired) electrons. The van der Waals surface area contributed by atoms with Crippen LogP contribution in [-0.2, 0) is 0 Å². The molecule has 118 valence electrons. The Morgan fingerprint density at radius 1 is 1.09 bits per heavy atom. The molecular weight excluding hydrogens is 304 g/mol. The minimum Gasteiger partial charge on any atom is -0.255 e. The van der Waals surface area contributed by atoms with E-state index in [1.165, 1.54) is 0 Å². The quantitative estimate of drug-likeness (QED) is 0.621. The van der Waals surface area contributed by atoms with Crippen LogP contribution in [0.2, 0.25) is 0 Å². The van der Waals surface area contributed by atoms with E-state index in [1.54, 1.807) is 12.4 Å². The first-order chi connectivity index (χ1) is 11.3. The van der Waals surface area contributed by atoms with Gasteiger partial charge in [0, 0.05) is 17.8 Å². The van der Waals surface area contributed by atoms with E-state index in [-0.39, 0.29) is 0 Å². The molecule has 0 bridgehead atoms. The minimum atomic E-state index is 0.293. The molecule has 0 aliphatic carbocycles. The highest BCUT2D eigenvalue weighted by Crippen LogP contribution is 2.27. The van der Waals surface area contributed by atoms with Gasteiger partial charge in [-0.25, -0.2) is 4.68 Å². The number of nitrogens with zero attached hydrogens (tertiary/aromatic N) is 4. The maximum Gasteiger partial charge on any atom is 0.149 e. The SMILES string of the molecule is CCCC(CC)n1nc(-c2ccccn2)c2cccnc2c1=S. The zero-order valence-corrected chi connectivity index (χ0v) is 14.3. The Hall–Kier alpha value is -2.14. The lowest BCUT2D eigenvalue weighted by atomic mass is 10.1. The Morgan fingerprint density at radius 2 is 1.91 bits per heavy atom. The fourth-order valence-corrected chi connectivity index (χ4v) is 3.21. The van der Waals surface area contributed by atoms with Gasteiger partial charge in [0.25, 0.3) is 0 Å². The fraction of sp³-hybridized carbons (Fsp3) is 0.333. The lowest BCUT2D eigenvalue weighted by molar-refractivity contribution is 0.401. The van der Waals surface area contributed by atoms with Gasteiger partial charge in [-0.05, 0) is 37.1 Å². The summed E-state index contributed by atoms with van der Waals surface area (Å²) in [6, 6.07) is 10.1. The van der Waals surface area contributed by atoms with Crippen LogP contribution >= 0.6 is 12.2 Å². The first kappa shape index (κ1) is 15.7. The molecule has 3 aromatic rings. The maximum atomic E-state index is 5.68. The lowest BCUT2D eigenvalue weighted by Gasteiger charge is -2.19. The van der Waals surface area contributed by atoms with Crippen LogP contribution in [0.3, 0.4) is 0 Å². The van der Waals surface area contributed by atoms with Gasteiger partial charge in [-0.2, -0.15) is 5.10 Å². The second-order valence-corrected chi connectivity index (χ2v) is 5.95. The van der Waals surface area contributed by atoms with Crippen molar-refractivity contribution in [2.75, 3.05) is 0 Å². The van der Waals surface area contributed by atoms with Crippen LogP contribution in [0.4, 0.5) is 0 Å². The summed E-state index contributed by atoms with van der Waals surface area (Å²) in [4.78, 5) is 8.98. The van der Waals surface area contributed by atoms with E-state index in [1.807, 2.05) is 35.0 Å². The van der Waals surface area contributed by atoms with Gasteiger partial charge < -0.3 is 0 Å². The maximum absolute atomic E-state index is 5.68. The highest BCUT2D eigenvalue weighted by Gasteiger charge is 2.16. The molecular formula is C18H20N4S. The summed E-state index contributed by atoms with van der Waals surface area (Å²) in [6.07, 6.45) is 6.72. The van der Waals surface area contributed by atoms with Gasteiger partial charge in [-0.1, -0.05) is 38.6 Å². The second-order valence-electron chi connectivity index (χ2n) is 5.56. The van der Waals surface area contributed by atoms with Crippen LogP contribution in [0.15, 0.2) is 42.7 Å². The van der Waals surface area contributed by atoms with Crippen molar-refractivity contribution in [3.8, 4) is 11.4 Å². The molecule has 4 nitrogen and oxygen atoms in total.